The van der Waals surface area contributed by atoms with E-state index in [1.54, 1.807) is 6.20 Å². The highest BCUT2D eigenvalue weighted by Crippen LogP contribution is 2.34. The van der Waals surface area contributed by atoms with E-state index < -0.39 is 17.6 Å². The van der Waals surface area contributed by atoms with Gasteiger partial charge in [0.2, 0.25) is 5.91 Å². The van der Waals surface area contributed by atoms with Gasteiger partial charge in [-0.05, 0) is 61.8 Å². The van der Waals surface area contributed by atoms with E-state index >= 15 is 0 Å². The molecule has 6 nitrogen and oxygen atoms in total. The second-order valence-electron chi connectivity index (χ2n) is 9.45. The van der Waals surface area contributed by atoms with Crippen molar-refractivity contribution >= 4 is 22.9 Å². The van der Waals surface area contributed by atoms with Crippen molar-refractivity contribution in [1.82, 2.24) is 14.5 Å². The van der Waals surface area contributed by atoms with Crippen LogP contribution in [0.4, 0.5) is 8.78 Å². The molecule has 0 saturated heterocycles. The topological polar surface area (TPSA) is 75.4 Å². The highest BCUT2D eigenvalue weighted by molar-refractivity contribution is 5.84. The van der Waals surface area contributed by atoms with Gasteiger partial charge in [-0.15, -0.1) is 0 Å². The third-order valence-electron chi connectivity index (χ3n) is 7.37. The third-order valence-corrected chi connectivity index (χ3v) is 7.37. The Hall–Kier alpha value is -3.29. The molecule has 0 bridgehead atoms. The van der Waals surface area contributed by atoms with Crippen molar-refractivity contribution in [3.05, 3.63) is 65.0 Å². The van der Waals surface area contributed by atoms with E-state index in [2.05, 4.69) is 4.98 Å². The molecule has 2 aromatic heterocycles. The predicted molar refractivity (Wildman–Crippen MR) is 122 cm³/mol. The lowest BCUT2D eigenvalue weighted by Gasteiger charge is -2.31. The van der Waals surface area contributed by atoms with Crippen molar-refractivity contribution in [1.29, 1.82) is 0 Å². The number of hydrogen-bond acceptors (Lipinski definition) is 3. The molecule has 0 spiro atoms. The summed E-state index contributed by atoms with van der Waals surface area (Å²) in [5, 5.41) is 10.2. The Morgan fingerprint density at radius 1 is 1.12 bits per heavy atom. The number of carboxylic acids is 1. The summed E-state index contributed by atoms with van der Waals surface area (Å²) in [7, 11) is 0. The summed E-state index contributed by atoms with van der Waals surface area (Å²) in [6.07, 6.45) is 5.58. The summed E-state index contributed by atoms with van der Waals surface area (Å²) in [4.78, 5) is 30.7. The van der Waals surface area contributed by atoms with Crippen LogP contribution < -0.4 is 0 Å². The molecule has 1 aliphatic carbocycles. The Labute approximate surface area is 196 Å². The van der Waals surface area contributed by atoms with Crippen LogP contribution in [0.25, 0.3) is 11.0 Å². The number of nitrogens with zero attached hydrogens (tertiary/aromatic N) is 3. The van der Waals surface area contributed by atoms with E-state index in [0.717, 1.165) is 41.2 Å². The van der Waals surface area contributed by atoms with E-state index in [9.17, 15) is 23.5 Å². The van der Waals surface area contributed by atoms with Crippen LogP contribution in [0.1, 0.15) is 48.9 Å². The predicted octanol–water partition coefficient (Wildman–Crippen LogP) is 4.53. The molecule has 0 atom stereocenters. The Morgan fingerprint density at radius 2 is 1.91 bits per heavy atom. The summed E-state index contributed by atoms with van der Waals surface area (Å²) >= 11 is 0. The number of carbonyl (C=O) groups is 2. The Bertz CT molecular complexity index is 1250. The van der Waals surface area contributed by atoms with Gasteiger partial charge in [0.25, 0.3) is 0 Å². The van der Waals surface area contributed by atoms with Gasteiger partial charge in [-0.1, -0.05) is 6.07 Å². The number of carbonyl (C=O) groups excluding carboxylic acids is 1. The minimum atomic E-state index is -0.743. The molecule has 3 heterocycles. The summed E-state index contributed by atoms with van der Waals surface area (Å²) in [5.74, 6) is -1.97. The average molecular weight is 468 g/mol. The monoisotopic (exact) mass is 467 g/mol. The number of carboxylic acid groups (broad SMARTS) is 1. The van der Waals surface area contributed by atoms with E-state index in [-0.39, 0.29) is 24.3 Å². The lowest BCUT2D eigenvalue weighted by molar-refractivity contribution is -0.143. The summed E-state index contributed by atoms with van der Waals surface area (Å²) in [6, 6.07) is 7.45. The number of hydrogen-bond donors (Lipinski definition) is 1. The number of rotatable bonds is 5. The van der Waals surface area contributed by atoms with E-state index in [1.165, 1.54) is 12.1 Å². The van der Waals surface area contributed by atoms with Gasteiger partial charge < -0.3 is 14.6 Å². The molecule has 1 amide bonds. The average Bonchev–Trinajstić information content (AvgIpc) is 3.14. The molecule has 1 saturated carbocycles. The molecule has 1 fully saturated rings. The van der Waals surface area contributed by atoms with Gasteiger partial charge in [-0.3, -0.25) is 9.59 Å². The molecule has 5 rings (SSSR count). The fourth-order valence-corrected chi connectivity index (χ4v) is 5.45. The van der Waals surface area contributed by atoms with Crippen LogP contribution in [0.3, 0.4) is 0 Å². The second kappa shape index (κ2) is 9.16. The molecular weight excluding hydrogens is 440 g/mol. The molecule has 0 unspecified atom stereocenters. The van der Waals surface area contributed by atoms with Gasteiger partial charge >= 0.3 is 5.97 Å². The highest BCUT2D eigenvalue weighted by atomic mass is 19.1. The number of benzene rings is 1. The molecule has 0 radical (unpaired) electrons. The zero-order chi connectivity index (χ0) is 23.8. The third kappa shape index (κ3) is 4.29. The molecule has 178 valence electrons. The largest absolute Gasteiger partial charge is 0.481 e. The number of fused-ring (bicyclic) bond motifs is 3. The molecule has 2 aliphatic rings. The summed E-state index contributed by atoms with van der Waals surface area (Å²) in [5.41, 5.74) is 3.16. The molecular formula is C26H27F2N3O3. The van der Waals surface area contributed by atoms with Crippen LogP contribution in [-0.2, 0) is 29.1 Å². The van der Waals surface area contributed by atoms with Crippen LogP contribution in [0.15, 0.2) is 36.5 Å². The molecule has 1 aromatic carbocycles. The minimum absolute atomic E-state index is 0.0714. The maximum atomic E-state index is 14.4. The fraction of sp³-hybridized carbons (Fsp3) is 0.423. The lowest BCUT2D eigenvalue weighted by Crippen LogP contribution is -2.38. The lowest BCUT2D eigenvalue weighted by atomic mass is 9.80. The molecule has 1 N–H and O–H groups in total. The van der Waals surface area contributed by atoms with Gasteiger partial charge in [-0.2, -0.15) is 0 Å². The number of halogens is 2. The van der Waals surface area contributed by atoms with Gasteiger partial charge in [0.05, 0.1) is 19.0 Å². The molecule has 8 heteroatoms. The van der Waals surface area contributed by atoms with Crippen molar-refractivity contribution in [2.24, 2.45) is 11.8 Å². The van der Waals surface area contributed by atoms with E-state index in [0.29, 0.717) is 44.3 Å². The number of aromatic nitrogens is 2. The smallest absolute Gasteiger partial charge is 0.306 e. The van der Waals surface area contributed by atoms with Crippen molar-refractivity contribution in [2.45, 2.75) is 51.6 Å². The Kier molecular flexibility index (Phi) is 6.06. The molecule has 1 aliphatic heterocycles. The van der Waals surface area contributed by atoms with Crippen LogP contribution in [0.2, 0.25) is 0 Å². The van der Waals surface area contributed by atoms with E-state index in [4.69, 9.17) is 0 Å². The maximum absolute atomic E-state index is 14.4. The molecule has 3 aromatic rings. The van der Waals surface area contributed by atoms with Crippen LogP contribution in [0, 0.1) is 23.5 Å². The van der Waals surface area contributed by atoms with Crippen LogP contribution in [-0.4, -0.2) is 38.0 Å². The first-order chi connectivity index (χ1) is 16.4. The number of pyridine rings is 1. The van der Waals surface area contributed by atoms with Crippen LogP contribution in [0.5, 0.6) is 0 Å². The highest BCUT2D eigenvalue weighted by Gasteiger charge is 2.31. The molecule has 34 heavy (non-hydrogen) atoms. The van der Waals surface area contributed by atoms with Crippen LogP contribution >= 0.6 is 0 Å². The van der Waals surface area contributed by atoms with Crippen molar-refractivity contribution in [2.75, 3.05) is 6.54 Å². The zero-order valence-corrected chi connectivity index (χ0v) is 18.8. The first kappa shape index (κ1) is 22.5. The van der Waals surface area contributed by atoms with Gasteiger partial charge in [-0.25, -0.2) is 13.8 Å². The fourth-order valence-electron chi connectivity index (χ4n) is 5.45. The van der Waals surface area contributed by atoms with Crippen molar-refractivity contribution in [3.63, 3.8) is 0 Å². The zero-order valence-electron chi connectivity index (χ0n) is 18.8. The Morgan fingerprint density at radius 3 is 2.65 bits per heavy atom. The van der Waals surface area contributed by atoms with Crippen molar-refractivity contribution in [3.8, 4) is 0 Å². The van der Waals surface area contributed by atoms with Crippen molar-refractivity contribution < 1.29 is 23.5 Å². The van der Waals surface area contributed by atoms with E-state index in [1.807, 2.05) is 21.6 Å². The normalized spacial score (nSPS) is 20.4. The van der Waals surface area contributed by atoms with Gasteiger partial charge in [0.15, 0.2) is 0 Å². The quantitative estimate of drug-likeness (QED) is 0.598. The second-order valence-corrected chi connectivity index (χ2v) is 9.45. The number of aliphatic carboxylic acids is 1. The van der Waals surface area contributed by atoms with Gasteiger partial charge in [0.1, 0.15) is 17.3 Å². The Balaban J connectivity index is 1.37. The standard InChI is InChI=1S/C26H27F2N3O3/c27-19-8-7-18(22(28)13-19)14-31-23-15-30(11-9-20(23)21-2-1-10-29-25(21)31)24(32)12-16-3-5-17(6-4-16)26(33)34/h1-2,7-8,10,13,16-17H,3-6,9,11-12,14-15H2,(H,33,34)/t16-,17+. The maximum Gasteiger partial charge on any atom is 0.306 e. The minimum Gasteiger partial charge on any atom is -0.481 e. The summed E-state index contributed by atoms with van der Waals surface area (Å²) in [6.45, 7) is 1.23. The first-order valence-corrected chi connectivity index (χ1v) is 11.8. The van der Waals surface area contributed by atoms with Gasteiger partial charge in [0, 0.05) is 41.9 Å². The SMILES string of the molecule is O=C(C[C@H]1CC[C@@H](C(=O)O)CC1)N1CCc2c(n(Cc3ccc(F)cc3F)c3ncccc23)C1. The first-order valence-electron chi connectivity index (χ1n) is 11.8. The summed E-state index contributed by atoms with van der Waals surface area (Å²) < 4.78 is 29.8. The number of amides is 1.